The van der Waals surface area contributed by atoms with Crippen molar-refractivity contribution in [2.45, 2.75) is 58.9 Å². The molecule has 1 heterocycles. The van der Waals surface area contributed by atoms with Crippen molar-refractivity contribution in [1.82, 2.24) is 10.2 Å². The number of piperidine rings is 1. The lowest BCUT2D eigenvalue weighted by Crippen LogP contribution is -2.47. The van der Waals surface area contributed by atoms with E-state index in [1.807, 2.05) is 0 Å². The molecule has 0 saturated carbocycles. The molecule has 0 aromatic rings. The molecule has 0 aliphatic carbocycles. The SMILES string of the molecule is CCCNC1CCCN(CC(CC)CC)C1. The van der Waals surface area contributed by atoms with Crippen molar-refractivity contribution in [2.24, 2.45) is 5.92 Å². The fourth-order valence-corrected chi connectivity index (χ4v) is 2.65. The summed E-state index contributed by atoms with van der Waals surface area (Å²) in [5.41, 5.74) is 0. The second-order valence-electron chi connectivity index (χ2n) is 5.24. The molecule has 2 heteroatoms. The van der Waals surface area contributed by atoms with Crippen LogP contribution in [0.3, 0.4) is 0 Å². The van der Waals surface area contributed by atoms with E-state index in [-0.39, 0.29) is 0 Å². The monoisotopic (exact) mass is 226 g/mol. The van der Waals surface area contributed by atoms with Crippen molar-refractivity contribution in [3.05, 3.63) is 0 Å². The van der Waals surface area contributed by atoms with Crippen molar-refractivity contribution in [1.29, 1.82) is 0 Å². The minimum Gasteiger partial charge on any atom is -0.313 e. The smallest absolute Gasteiger partial charge is 0.0195 e. The van der Waals surface area contributed by atoms with Gasteiger partial charge in [-0.15, -0.1) is 0 Å². The van der Waals surface area contributed by atoms with Crippen molar-refractivity contribution in [3.63, 3.8) is 0 Å². The molecule has 96 valence electrons. The van der Waals surface area contributed by atoms with Crippen LogP contribution in [0.5, 0.6) is 0 Å². The summed E-state index contributed by atoms with van der Waals surface area (Å²) in [6.07, 6.45) is 6.67. The fourth-order valence-electron chi connectivity index (χ4n) is 2.65. The maximum Gasteiger partial charge on any atom is 0.0195 e. The van der Waals surface area contributed by atoms with Crippen LogP contribution in [0.15, 0.2) is 0 Å². The zero-order valence-electron chi connectivity index (χ0n) is 11.5. The van der Waals surface area contributed by atoms with Gasteiger partial charge in [0, 0.05) is 19.1 Å². The highest BCUT2D eigenvalue weighted by Crippen LogP contribution is 2.15. The summed E-state index contributed by atoms with van der Waals surface area (Å²) in [6, 6.07) is 0.753. The molecule has 0 aromatic carbocycles. The second-order valence-corrected chi connectivity index (χ2v) is 5.24. The standard InChI is InChI=1S/C14H30N2/c1-4-9-15-14-8-7-10-16(12-14)11-13(5-2)6-3/h13-15H,4-12H2,1-3H3. The molecule has 1 N–H and O–H groups in total. The van der Waals surface area contributed by atoms with Crippen LogP contribution < -0.4 is 5.32 Å². The van der Waals surface area contributed by atoms with Gasteiger partial charge in [0.2, 0.25) is 0 Å². The maximum absolute atomic E-state index is 3.67. The fraction of sp³-hybridized carbons (Fsp3) is 1.00. The molecule has 0 bridgehead atoms. The Morgan fingerprint density at radius 2 is 2.00 bits per heavy atom. The first-order valence-corrected chi connectivity index (χ1v) is 7.25. The Morgan fingerprint density at radius 3 is 2.62 bits per heavy atom. The van der Waals surface area contributed by atoms with Crippen molar-refractivity contribution in [3.8, 4) is 0 Å². The van der Waals surface area contributed by atoms with E-state index in [2.05, 4.69) is 31.0 Å². The van der Waals surface area contributed by atoms with E-state index in [4.69, 9.17) is 0 Å². The van der Waals surface area contributed by atoms with Crippen molar-refractivity contribution in [2.75, 3.05) is 26.2 Å². The van der Waals surface area contributed by atoms with Crippen LogP contribution in [-0.4, -0.2) is 37.1 Å². The molecule has 1 unspecified atom stereocenters. The largest absolute Gasteiger partial charge is 0.313 e. The molecule has 1 saturated heterocycles. The van der Waals surface area contributed by atoms with Crippen LogP contribution >= 0.6 is 0 Å². The van der Waals surface area contributed by atoms with Crippen LogP contribution in [0.4, 0.5) is 0 Å². The normalized spacial score (nSPS) is 22.9. The van der Waals surface area contributed by atoms with E-state index in [0.29, 0.717) is 0 Å². The zero-order valence-corrected chi connectivity index (χ0v) is 11.5. The van der Waals surface area contributed by atoms with Gasteiger partial charge in [-0.2, -0.15) is 0 Å². The van der Waals surface area contributed by atoms with Gasteiger partial charge in [0.1, 0.15) is 0 Å². The highest BCUT2D eigenvalue weighted by molar-refractivity contribution is 4.79. The Labute approximate surface area is 102 Å². The highest BCUT2D eigenvalue weighted by Gasteiger charge is 2.20. The maximum atomic E-state index is 3.67. The molecule has 0 radical (unpaired) electrons. The number of rotatable bonds is 7. The summed E-state index contributed by atoms with van der Waals surface area (Å²) in [5.74, 6) is 0.907. The molecular formula is C14H30N2. The molecule has 1 aliphatic heterocycles. The minimum atomic E-state index is 0.753. The van der Waals surface area contributed by atoms with Crippen LogP contribution in [-0.2, 0) is 0 Å². The number of hydrogen-bond acceptors (Lipinski definition) is 2. The molecule has 1 atom stereocenters. The average Bonchev–Trinajstić information content (AvgIpc) is 2.34. The predicted octanol–water partition coefficient (Wildman–Crippen LogP) is 2.89. The number of nitrogens with one attached hydrogen (secondary N) is 1. The van der Waals surface area contributed by atoms with Gasteiger partial charge in [-0.1, -0.05) is 33.6 Å². The number of nitrogens with zero attached hydrogens (tertiary/aromatic N) is 1. The molecule has 16 heavy (non-hydrogen) atoms. The Bertz CT molecular complexity index is 166. The van der Waals surface area contributed by atoms with Gasteiger partial charge in [0.15, 0.2) is 0 Å². The predicted molar refractivity (Wildman–Crippen MR) is 71.8 cm³/mol. The van der Waals surface area contributed by atoms with E-state index in [1.165, 1.54) is 58.3 Å². The minimum absolute atomic E-state index is 0.753. The molecule has 1 rings (SSSR count). The van der Waals surface area contributed by atoms with Gasteiger partial charge >= 0.3 is 0 Å². The Kier molecular flexibility index (Phi) is 7.06. The van der Waals surface area contributed by atoms with Crippen LogP contribution in [0.1, 0.15) is 52.9 Å². The number of hydrogen-bond donors (Lipinski definition) is 1. The quantitative estimate of drug-likeness (QED) is 0.718. The Hall–Kier alpha value is -0.0800. The van der Waals surface area contributed by atoms with Gasteiger partial charge in [-0.25, -0.2) is 0 Å². The summed E-state index contributed by atoms with van der Waals surface area (Å²) in [5, 5.41) is 3.67. The molecule has 1 aliphatic rings. The average molecular weight is 226 g/mol. The van der Waals surface area contributed by atoms with Gasteiger partial charge < -0.3 is 10.2 Å². The highest BCUT2D eigenvalue weighted by atomic mass is 15.2. The second kappa shape index (κ2) is 8.08. The van der Waals surface area contributed by atoms with Gasteiger partial charge in [-0.05, 0) is 38.3 Å². The van der Waals surface area contributed by atoms with Crippen LogP contribution in [0.25, 0.3) is 0 Å². The Balaban J connectivity index is 2.26. The van der Waals surface area contributed by atoms with E-state index in [0.717, 1.165) is 12.0 Å². The summed E-state index contributed by atoms with van der Waals surface area (Å²) in [6.45, 7) is 12.0. The molecule has 2 nitrogen and oxygen atoms in total. The summed E-state index contributed by atoms with van der Waals surface area (Å²) in [7, 11) is 0. The van der Waals surface area contributed by atoms with E-state index in [9.17, 15) is 0 Å². The van der Waals surface area contributed by atoms with Gasteiger partial charge in [0.05, 0.1) is 0 Å². The van der Waals surface area contributed by atoms with E-state index >= 15 is 0 Å². The van der Waals surface area contributed by atoms with E-state index < -0.39 is 0 Å². The lowest BCUT2D eigenvalue weighted by molar-refractivity contribution is 0.162. The van der Waals surface area contributed by atoms with E-state index in [1.54, 1.807) is 0 Å². The molecule has 0 amide bonds. The lowest BCUT2D eigenvalue weighted by Gasteiger charge is -2.35. The van der Waals surface area contributed by atoms with Crippen molar-refractivity contribution >= 4 is 0 Å². The third kappa shape index (κ3) is 4.84. The van der Waals surface area contributed by atoms with Gasteiger partial charge in [0.25, 0.3) is 0 Å². The van der Waals surface area contributed by atoms with Crippen LogP contribution in [0.2, 0.25) is 0 Å². The zero-order chi connectivity index (χ0) is 11.8. The first-order chi connectivity index (χ1) is 7.80. The first-order valence-electron chi connectivity index (χ1n) is 7.25. The van der Waals surface area contributed by atoms with Crippen LogP contribution in [0, 0.1) is 5.92 Å². The summed E-state index contributed by atoms with van der Waals surface area (Å²) < 4.78 is 0. The van der Waals surface area contributed by atoms with Gasteiger partial charge in [-0.3, -0.25) is 0 Å². The molecule has 1 fully saturated rings. The molecular weight excluding hydrogens is 196 g/mol. The Morgan fingerprint density at radius 1 is 1.25 bits per heavy atom. The third-order valence-corrected chi connectivity index (χ3v) is 3.86. The molecule has 0 spiro atoms. The topological polar surface area (TPSA) is 15.3 Å². The summed E-state index contributed by atoms with van der Waals surface area (Å²) in [4.78, 5) is 2.68. The lowest BCUT2D eigenvalue weighted by atomic mass is 9.99. The number of likely N-dealkylation sites (tertiary alicyclic amines) is 1. The third-order valence-electron chi connectivity index (χ3n) is 3.86. The summed E-state index contributed by atoms with van der Waals surface area (Å²) >= 11 is 0. The van der Waals surface area contributed by atoms with Crippen molar-refractivity contribution < 1.29 is 0 Å². The first kappa shape index (κ1) is 14.0. The molecule has 0 aromatic heterocycles.